The fraction of sp³-hybridized carbons (Fsp3) is 0.222. The molecule has 0 aliphatic heterocycles. The Morgan fingerprint density at radius 1 is 1.13 bits per heavy atom. The number of nitro groups is 1. The Kier molecular flexibility index (Phi) is 6.02. The van der Waals surface area contributed by atoms with Gasteiger partial charge >= 0.3 is 0 Å². The van der Waals surface area contributed by atoms with Crippen LogP contribution >= 0.6 is 0 Å². The Bertz CT molecular complexity index is 654. The van der Waals surface area contributed by atoms with E-state index in [0.29, 0.717) is 6.42 Å². The van der Waals surface area contributed by atoms with Gasteiger partial charge in [0.2, 0.25) is 0 Å². The summed E-state index contributed by atoms with van der Waals surface area (Å²) in [7, 11) is 0. The van der Waals surface area contributed by atoms with Crippen molar-refractivity contribution in [1.29, 1.82) is 0 Å². The second-order valence-electron chi connectivity index (χ2n) is 5.35. The standard InChI is InChI=1S/C18H20N2O3/c19-17(18(21)15-7-2-1-3-8-15)9-5-4-6-14-10-12-16(13-11-14)20(22)23/h1-4,6-8,10-13,17-18,21H,5,9,19H2/b6-4+/t17-,18-/m1/s1. The molecule has 5 nitrogen and oxygen atoms in total. The minimum atomic E-state index is -0.677. The number of nitrogens with two attached hydrogens (primary N) is 1. The molecule has 0 unspecified atom stereocenters. The molecular formula is C18H20N2O3. The quantitative estimate of drug-likeness (QED) is 0.605. The minimum Gasteiger partial charge on any atom is -0.387 e. The summed E-state index contributed by atoms with van der Waals surface area (Å²) in [4.78, 5) is 10.2. The smallest absolute Gasteiger partial charge is 0.269 e. The molecule has 23 heavy (non-hydrogen) atoms. The lowest BCUT2D eigenvalue weighted by Gasteiger charge is -2.18. The predicted molar refractivity (Wildman–Crippen MR) is 90.7 cm³/mol. The van der Waals surface area contributed by atoms with Gasteiger partial charge in [0.15, 0.2) is 0 Å². The zero-order valence-electron chi connectivity index (χ0n) is 12.7. The number of aliphatic hydroxyl groups excluding tert-OH is 1. The highest BCUT2D eigenvalue weighted by Gasteiger charge is 2.15. The van der Waals surface area contributed by atoms with E-state index in [4.69, 9.17) is 5.73 Å². The van der Waals surface area contributed by atoms with Crippen LogP contribution in [0.2, 0.25) is 0 Å². The van der Waals surface area contributed by atoms with E-state index in [2.05, 4.69) is 0 Å². The van der Waals surface area contributed by atoms with Gasteiger partial charge < -0.3 is 10.8 Å². The van der Waals surface area contributed by atoms with E-state index in [9.17, 15) is 15.2 Å². The van der Waals surface area contributed by atoms with E-state index in [-0.39, 0.29) is 11.7 Å². The molecule has 2 aromatic carbocycles. The van der Waals surface area contributed by atoms with Gasteiger partial charge in [-0.2, -0.15) is 0 Å². The van der Waals surface area contributed by atoms with Crippen LogP contribution in [0.1, 0.15) is 30.1 Å². The normalized spacial score (nSPS) is 13.8. The fourth-order valence-corrected chi connectivity index (χ4v) is 2.27. The molecule has 0 aromatic heterocycles. The lowest BCUT2D eigenvalue weighted by atomic mass is 9.99. The Labute approximate surface area is 135 Å². The monoisotopic (exact) mass is 312 g/mol. The highest BCUT2D eigenvalue weighted by molar-refractivity contribution is 5.51. The van der Waals surface area contributed by atoms with Crippen molar-refractivity contribution in [3.05, 3.63) is 81.9 Å². The van der Waals surface area contributed by atoms with Crippen LogP contribution in [0.15, 0.2) is 60.7 Å². The number of allylic oxidation sites excluding steroid dienone is 1. The molecule has 0 spiro atoms. The van der Waals surface area contributed by atoms with Gasteiger partial charge in [-0.1, -0.05) is 42.5 Å². The molecule has 0 fully saturated rings. The van der Waals surface area contributed by atoms with Crippen molar-refractivity contribution in [1.82, 2.24) is 0 Å². The van der Waals surface area contributed by atoms with E-state index in [1.807, 2.05) is 42.5 Å². The highest BCUT2D eigenvalue weighted by atomic mass is 16.6. The lowest BCUT2D eigenvalue weighted by molar-refractivity contribution is -0.384. The SMILES string of the molecule is N[C@H](CC/C=C/c1ccc([N+](=O)[O-])cc1)[C@H](O)c1ccccc1. The molecule has 0 saturated heterocycles. The Balaban J connectivity index is 1.83. The average Bonchev–Trinajstić information content (AvgIpc) is 2.59. The van der Waals surface area contributed by atoms with Crippen molar-refractivity contribution in [3.8, 4) is 0 Å². The fourth-order valence-electron chi connectivity index (χ4n) is 2.27. The number of rotatable bonds is 7. The maximum atomic E-state index is 10.6. The third kappa shape index (κ3) is 5.02. The molecule has 0 heterocycles. The zero-order chi connectivity index (χ0) is 16.7. The van der Waals surface area contributed by atoms with Gasteiger partial charge in [0, 0.05) is 18.2 Å². The molecule has 2 aromatic rings. The number of hydrogen-bond acceptors (Lipinski definition) is 4. The summed E-state index contributed by atoms with van der Waals surface area (Å²) in [5.41, 5.74) is 7.82. The average molecular weight is 312 g/mol. The first-order valence-corrected chi connectivity index (χ1v) is 7.47. The third-order valence-corrected chi connectivity index (χ3v) is 3.63. The van der Waals surface area contributed by atoms with Gasteiger partial charge in [-0.25, -0.2) is 0 Å². The Hall–Kier alpha value is -2.50. The number of benzene rings is 2. The van der Waals surface area contributed by atoms with E-state index in [1.165, 1.54) is 12.1 Å². The highest BCUT2D eigenvalue weighted by Crippen LogP contribution is 2.18. The van der Waals surface area contributed by atoms with Crippen LogP contribution in [-0.2, 0) is 0 Å². The van der Waals surface area contributed by atoms with Gasteiger partial charge in [0.25, 0.3) is 5.69 Å². The number of aliphatic hydroxyl groups is 1. The number of non-ortho nitro benzene ring substituents is 1. The van der Waals surface area contributed by atoms with Crippen LogP contribution in [0, 0.1) is 10.1 Å². The van der Waals surface area contributed by atoms with Gasteiger partial charge in [0.1, 0.15) is 0 Å². The van der Waals surface area contributed by atoms with Crippen molar-refractivity contribution >= 4 is 11.8 Å². The minimum absolute atomic E-state index is 0.0788. The van der Waals surface area contributed by atoms with Gasteiger partial charge in [-0.15, -0.1) is 0 Å². The summed E-state index contributed by atoms with van der Waals surface area (Å²) in [6, 6.07) is 15.4. The number of hydrogen-bond donors (Lipinski definition) is 2. The second-order valence-corrected chi connectivity index (χ2v) is 5.35. The summed E-state index contributed by atoms with van der Waals surface area (Å²) in [5, 5.41) is 20.8. The second kappa shape index (κ2) is 8.22. The maximum absolute atomic E-state index is 10.6. The summed E-state index contributed by atoms with van der Waals surface area (Å²) >= 11 is 0. The van der Waals surface area contributed by atoms with Crippen LogP contribution in [0.3, 0.4) is 0 Å². The van der Waals surface area contributed by atoms with E-state index in [1.54, 1.807) is 12.1 Å². The van der Waals surface area contributed by atoms with Crippen molar-refractivity contribution < 1.29 is 10.0 Å². The zero-order valence-corrected chi connectivity index (χ0v) is 12.7. The molecule has 0 saturated carbocycles. The molecule has 2 atom stereocenters. The van der Waals surface area contributed by atoms with E-state index in [0.717, 1.165) is 17.5 Å². The van der Waals surface area contributed by atoms with E-state index >= 15 is 0 Å². The summed E-state index contributed by atoms with van der Waals surface area (Å²) in [6.45, 7) is 0. The van der Waals surface area contributed by atoms with Crippen LogP contribution < -0.4 is 5.73 Å². The molecule has 120 valence electrons. The molecule has 0 radical (unpaired) electrons. The Morgan fingerprint density at radius 2 is 1.78 bits per heavy atom. The molecular weight excluding hydrogens is 292 g/mol. The van der Waals surface area contributed by atoms with Gasteiger partial charge in [0.05, 0.1) is 11.0 Å². The van der Waals surface area contributed by atoms with Crippen LogP contribution in [0.25, 0.3) is 6.08 Å². The first-order valence-electron chi connectivity index (χ1n) is 7.47. The molecule has 2 rings (SSSR count). The van der Waals surface area contributed by atoms with E-state index < -0.39 is 11.0 Å². The summed E-state index contributed by atoms with van der Waals surface area (Å²) < 4.78 is 0. The molecule has 0 amide bonds. The van der Waals surface area contributed by atoms with Crippen molar-refractivity contribution in [2.75, 3.05) is 0 Å². The molecule has 0 aliphatic carbocycles. The van der Waals surface area contributed by atoms with Crippen LogP contribution in [0.5, 0.6) is 0 Å². The molecule has 3 N–H and O–H groups in total. The molecule has 5 heteroatoms. The van der Waals surface area contributed by atoms with Crippen LogP contribution in [0.4, 0.5) is 5.69 Å². The first-order chi connectivity index (χ1) is 11.1. The largest absolute Gasteiger partial charge is 0.387 e. The summed E-state index contributed by atoms with van der Waals surface area (Å²) in [5.74, 6) is 0. The third-order valence-electron chi connectivity index (χ3n) is 3.63. The topological polar surface area (TPSA) is 89.4 Å². The number of nitrogens with zero attached hydrogens (tertiary/aromatic N) is 1. The molecule has 0 bridgehead atoms. The molecule has 0 aliphatic rings. The lowest BCUT2D eigenvalue weighted by Crippen LogP contribution is -2.28. The Morgan fingerprint density at radius 3 is 2.39 bits per heavy atom. The van der Waals surface area contributed by atoms with Crippen molar-refractivity contribution in [2.45, 2.75) is 25.0 Å². The first kappa shape index (κ1) is 16.9. The predicted octanol–water partition coefficient (Wildman–Crippen LogP) is 3.45. The van der Waals surface area contributed by atoms with Gasteiger partial charge in [-0.3, -0.25) is 10.1 Å². The van der Waals surface area contributed by atoms with Gasteiger partial charge in [-0.05, 0) is 36.1 Å². The summed E-state index contributed by atoms with van der Waals surface area (Å²) in [6.07, 6.45) is 4.55. The van der Waals surface area contributed by atoms with Crippen molar-refractivity contribution in [3.63, 3.8) is 0 Å². The van der Waals surface area contributed by atoms with Crippen LogP contribution in [-0.4, -0.2) is 16.1 Å². The van der Waals surface area contributed by atoms with Crippen molar-refractivity contribution in [2.24, 2.45) is 5.73 Å². The maximum Gasteiger partial charge on any atom is 0.269 e. The number of nitro benzene ring substituents is 1.